The predicted molar refractivity (Wildman–Crippen MR) is 71.4 cm³/mol. The minimum atomic E-state index is 0.276. The van der Waals surface area contributed by atoms with E-state index in [2.05, 4.69) is 21.2 Å². The maximum Gasteiger partial charge on any atom is 0.231 e. The first-order valence-corrected chi connectivity index (χ1v) is 7.00. The molecule has 2 heterocycles. The average molecular weight is 314 g/mol. The highest BCUT2D eigenvalue weighted by molar-refractivity contribution is 9.10. The molecule has 0 amide bonds. The van der Waals surface area contributed by atoms with Crippen LogP contribution < -0.4 is 19.5 Å². The molecule has 2 aliphatic heterocycles. The van der Waals surface area contributed by atoms with Crippen LogP contribution in [0.4, 0.5) is 0 Å². The van der Waals surface area contributed by atoms with Crippen molar-refractivity contribution in [1.82, 2.24) is 5.32 Å². The van der Waals surface area contributed by atoms with Crippen molar-refractivity contribution in [2.45, 2.75) is 25.3 Å². The standard InChI is InChI=1S/C13H16BrNO3/c1-16-12-8(9-4-2-3-5-15-9)6-10-13(11(12)14)18-7-17-10/h6,9,15H,2-5,7H2,1H3. The van der Waals surface area contributed by atoms with Crippen LogP contribution >= 0.6 is 15.9 Å². The molecule has 1 unspecified atom stereocenters. The van der Waals surface area contributed by atoms with Gasteiger partial charge in [-0.3, -0.25) is 0 Å². The number of rotatable bonds is 2. The van der Waals surface area contributed by atoms with Crippen molar-refractivity contribution >= 4 is 15.9 Å². The molecule has 5 heteroatoms. The lowest BCUT2D eigenvalue weighted by Crippen LogP contribution is -2.27. The third-order valence-electron chi connectivity index (χ3n) is 3.48. The summed E-state index contributed by atoms with van der Waals surface area (Å²) in [4.78, 5) is 0. The van der Waals surface area contributed by atoms with Gasteiger partial charge in [0.25, 0.3) is 0 Å². The summed E-state index contributed by atoms with van der Waals surface area (Å²) in [6, 6.07) is 2.37. The van der Waals surface area contributed by atoms with Crippen molar-refractivity contribution in [2.75, 3.05) is 20.4 Å². The Labute approximate surface area is 115 Å². The summed E-state index contributed by atoms with van der Waals surface area (Å²) in [6.07, 6.45) is 3.61. The predicted octanol–water partition coefficient (Wildman–Crippen LogP) is 3.00. The van der Waals surface area contributed by atoms with Crippen LogP contribution in [0.3, 0.4) is 0 Å². The molecule has 3 rings (SSSR count). The topological polar surface area (TPSA) is 39.7 Å². The Balaban J connectivity index is 2.04. The summed E-state index contributed by atoms with van der Waals surface area (Å²) in [7, 11) is 1.69. The van der Waals surface area contributed by atoms with Crippen LogP contribution in [-0.4, -0.2) is 20.4 Å². The lowest BCUT2D eigenvalue weighted by molar-refractivity contribution is 0.173. The van der Waals surface area contributed by atoms with Gasteiger partial charge in [-0.15, -0.1) is 0 Å². The van der Waals surface area contributed by atoms with Crippen LogP contribution in [0.1, 0.15) is 30.9 Å². The van der Waals surface area contributed by atoms with Crippen molar-refractivity contribution in [3.05, 3.63) is 16.1 Å². The molecular formula is C13H16BrNO3. The summed E-state index contributed by atoms with van der Waals surface area (Å²) in [5.41, 5.74) is 1.15. The third-order valence-corrected chi connectivity index (χ3v) is 4.20. The fraction of sp³-hybridized carbons (Fsp3) is 0.538. The number of nitrogens with one attached hydrogen (secondary N) is 1. The molecule has 0 aromatic heterocycles. The molecule has 1 N–H and O–H groups in total. The number of piperidine rings is 1. The normalized spacial score (nSPS) is 22.0. The lowest BCUT2D eigenvalue weighted by Gasteiger charge is -2.26. The Morgan fingerprint density at radius 3 is 3.00 bits per heavy atom. The van der Waals surface area contributed by atoms with Gasteiger partial charge in [0, 0.05) is 11.6 Å². The molecule has 0 radical (unpaired) electrons. The summed E-state index contributed by atoms with van der Waals surface area (Å²) in [5.74, 6) is 2.38. The molecule has 18 heavy (non-hydrogen) atoms. The maximum absolute atomic E-state index is 5.53. The molecule has 98 valence electrons. The molecule has 1 aromatic rings. The van der Waals surface area contributed by atoms with E-state index in [0.717, 1.165) is 40.3 Å². The highest BCUT2D eigenvalue weighted by atomic mass is 79.9. The summed E-state index contributed by atoms with van der Waals surface area (Å²) < 4.78 is 17.3. The number of fused-ring (bicyclic) bond motifs is 1. The molecule has 1 saturated heterocycles. The van der Waals surface area contributed by atoms with E-state index in [9.17, 15) is 0 Å². The fourth-order valence-electron chi connectivity index (χ4n) is 2.59. The zero-order valence-corrected chi connectivity index (χ0v) is 11.9. The van der Waals surface area contributed by atoms with Crippen LogP contribution in [0, 0.1) is 0 Å². The van der Waals surface area contributed by atoms with Gasteiger partial charge < -0.3 is 19.5 Å². The van der Waals surface area contributed by atoms with Crippen molar-refractivity contribution in [1.29, 1.82) is 0 Å². The van der Waals surface area contributed by atoms with E-state index in [1.807, 2.05) is 6.07 Å². The zero-order valence-electron chi connectivity index (χ0n) is 10.3. The van der Waals surface area contributed by atoms with Gasteiger partial charge in [0.2, 0.25) is 6.79 Å². The largest absolute Gasteiger partial charge is 0.495 e. The first-order valence-electron chi connectivity index (χ1n) is 6.20. The third kappa shape index (κ3) is 1.95. The highest BCUT2D eigenvalue weighted by Crippen LogP contribution is 2.48. The molecule has 0 aliphatic carbocycles. The Morgan fingerprint density at radius 2 is 2.28 bits per heavy atom. The van der Waals surface area contributed by atoms with Gasteiger partial charge in [0.05, 0.1) is 7.11 Å². The summed E-state index contributed by atoms with van der Waals surface area (Å²) in [5, 5.41) is 3.53. The Bertz CT molecular complexity index is 458. The van der Waals surface area contributed by atoms with E-state index in [4.69, 9.17) is 14.2 Å². The van der Waals surface area contributed by atoms with Crippen molar-refractivity contribution in [3.8, 4) is 17.2 Å². The number of hydrogen-bond donors (Lipinski definition) is 1. The molecule has 0 saturated carbocycles. The quantitative estimate of drug-likeness (QED) is 0.911. The first kappa shape index (κ1) is 12.1. The van der Waals surface area contributed by atoms with Gasteiger partial charge >= 0.3 is 0 Å². The van der Waals surface area contributed by atoms with Gasteiger partial charge in [-0.1, -0.05) is 6.42 Å². The summed E-state index contributed by atoms with van der Waals surface area (Å²) in [6.45, 7) is 1.33. The SMILES string of the molecule is COc1c(C2CCCCN2)cc2c(c1Br)OCO2. The minimum absolute atomic E-state index is 0.276. The van der Waals surface area contributed by atoms with E-state index < -0.39 is 0 Å². The molecule has 2 aliphatic rings. The van der Waals surface area contributed by atoms with Crippen LogP contribution in [0.5, 0.6) is 17.2 Å². The second-order valence-electron chi connectivity index (χ2n) is 4.55. The fourth-order valence-corrected chi connectivity index (χ4v) is 3.29. The number of benzene rings is 1. The number of methoxy groups -OCH3 is 1. The van der Waals surface area contributed by atoms with E-state index >= 15 is 0 Å². The number of halogens is 1. The van der Waals surface area contributed by atoms with Crippen molar-refractivity contribution < 1.29 is 14.2 Å². The lowest BCUT2D eigenvalue weighted by atomic mass is 9.96. The first-order chi connectivity index (χ1) is 8.81. The molecular weight excluding hydrogens is 298 g/mol. The molecule has 1 atom stereocenters. The Morgan fingerprint density at radius 1 is 1.39 bits per heavy atom. The molecule has 0 bridgehead atoms. The molecule has 1 fully saturated rings. The van der Waals surface area contributed by atoms with Gasteiger partial charge in [0.1, 0.15) is 10.2 Å². The average Bonchev–Trinajstić information content (AvgIpc) is 2.88. The van der Waals surface area contributed by atoms with Crippen molar-refractivity contribution in [2.24, 2.45) is 0 Å². The van der Waals surface area contributed by atoms with E-state index in [1.54, 1.807) is 7.11 Å². The van der Waals surface area contributed by atoms with Gasteiger partial charge in [-0.05, 0) is 41.4 Å². The second kappa shape index (κ2) is 4.97. The Kier molecular flexibility index (Phi) is 3.35. The minimum Gasteiger partial charge on any atom is -0.495 e. The monoisotopic (exact) mass is 313 g/mol. The number of ether oxygens (including phenoxy) is 3. The molecule has 0 spiro atoms. The van der Waals surface area contributed by atoms with Crippen LogP contribution in [0.25, 0.3) is 0 Å². The van der Waals surface area contributed by atoms with E-state index in [0.29, 0.717) is 6.04 Å². The smallest absolute Gasteiger partial charge is 0.231 e. The summed E-state index contributed by atoms with van der Waals surface area (Å²) >= 11 is 3.55. The van der Waals surface area contributed by atoms with Crippen LogP contribution in [0.2, 0.25) is 0 Å². The maximum atomic E-state index is 5.53. The van der Waals surface area contributed by atoms with Crippen molar-refractivity contribution in [3.63, 3.8) is 0 Å². The Hall–Kier alpha value is -0.940. The molecule has 4 nitrogen and oxygen atoms in total. The molecule has 1 aromatic carbocycles. The number of hydrogen-bond acceptors (Lipinski definition) is 4. The van der Waals surface area contributed by atoms with Gasteiger partial charge in [-0.2, -0.15) is 0 Å². The van der Waals surface area contributed by atoms with Crippen LogP contribution in [-0.2, 0) is 0 Å². The second-order valence-corrected chi connectivity index (χ2v) is 5.34. The highest BCUT2D eigenvalue weighted by Gasteiger charge is 2.27. The van der Waals surface area contributed by atoms with Crippen LogP contribution in [0.15, 0.2) is 10.5 Å². The van der Waals surface area contributed by atoms with E-state index in [1.165, 1.54) is 12.8 Å². The van der Waals surface area contributed by atoms with Gasteiger partial charge in [0.15, 0.2) is 11.5 Å². The zero-order chi connectivity index (χ0) is 12.5. The van der Waals surface area contributed by atoms with E-state index in [-0.39, 0.29) is 6.79 Å². The van der Waals surface area contributed by atoms with Gasteiger partial charge in [-0.25, -0.2) is 0 Å².